The van der Waals surface area contributed by atoms with Crippen LogP contribution in [0.1, 0.15) is 96.8 Å². The van der Waals surface area contributed by atoms with Crippen LogP contribution in [0.2, 0.25) is 0 Å². The van der Waals surface area contributed by atoms with Gasteiger partial charge in [0.25, 0.3) is 0 Å². The Bertz CT molecular complexity index is 524. The van der Waals surface area contributed by atoms with Crippen molar-refractivity contribution < 1.29 is 19.5 Å². The first-order chi connectivity index (χ1) is 16.5. The molecule has 0 bridgehead atoms. The Morgan fingerprint density at radius 1 is 0.765 bits per heavy atom. The van der Waals surface area contributed by atoms with E-state index in [1.807, 2.05) is 0 Å². The summed E-state index contributed by atoms with van der Waals surface area (Å²) in [5, 5.41) is 14.2. The Morgan fingerprint density at radius 3 is 1.79 bits per heavy atom. The van der Waals surface area contributed by atoms with Crippen LogP contribution >= 0.6 is 25.3 Å². The summed E-state index contributed by atoms with van der Waals surface area (Å²) in [6.07, 6.45) is 14.5. The van der Waals surface area contributed by atoms with E-state index in [0.717, 1.165) is 95.2 Å². The SMILES string of the molecule is CC(=O)[C@H](CO)NC(=O)NCCCCCCCC(=O)N(CCCCCCS)CCCCCCS. The highest BCUT2D eigenvalue weighted by Crippen LogP contribution is 2.11. The topological polar surface area (TPSA) is 98.7 Å². The Kier molecular flexibility index (Phi) is 23.1. The van der Waals surface area contributed by atoms with Gasteiger partial charge in [0.05, 0.1) is 6.61 Å². The quantitative estimate of drug-likeness (QED) is 0.102. The van der Waals surface area contributed by atoms with Crippen molar-refractivity contribution in [2.45, 2.75) is 103 Å². The van der Waals surface area contributed by atoms with Gasteiger partial charge in [0, 0.05) is 26.1 Å². The van der Waals surface area contributed by atoms with Gasteiger partial charge in [0.1, 0.15) is 6.04 Å². The number of thiol groups is 2. The maximum atomic E-state index is 12.8. The zero-order chi connectivity index (χ0) is 25.4. The Balaban J connectivity index is 4.01. The van der Waals surface area contributed by atoms with E-state index in [9.17, 15) is 14.4 Å². The molecule has 0 fully saturated rings. The van der Waals surface area contributed by atoms with Crippen LogP contribution in [0, 0.1) is 0 Å². The predicted molar refractivity (Wildman–Crippen MR) is 147 cm³/mol. The average Bonchev–Trinajstić information content (AvgIpc) is 2.82. The van der Waals surface area contributed by atoms with Crippen LogP contribution in [0.5, 0.6) is 0 Å². The van der Waals surface area contributed by atoms with E-state index in [2.05, 4.69) is 40.8 Å². The number of carbonyl (C=O) groups excluding carboxylic acids is 3. The van der Waals surface area contributed by atoms with Gasteiger partial charge in [-0.2, -0.15) is 25.3 Å². The van der Waals surface area contributed by atoms with E-state index < -0.39 is 18.7 Å². The van der Waals surface area contributed by atoms with Crippen molar-refractivity contribution >= 4 is 43.0 Å². The number of ketones is 1. The second kappa shape index (κ2) is 23.8. The summed E-state index contributed by atoms with van der Waals surface area (Å²) in [6.45, 7) is 3.19. The molecule has 0 aromatic carbocycles. The van der Waals surface area contributed by atoms with Crippen LogP contribution in [0.25, 0.3) is 0 Å². The first-order valence-corrected chi connectivity index (χ1v) is 14.4. The number of hydrogen-bond donors (Lipinski definition) is 5. The third-order valence-corrected chi connectivity index (χ3v) is 6.49. The zero-order valence-corrected chi connectivity index (χ0v) is 23.0. The summed E-state index contributed by atoms with van der Waals surface area (Å²) in [7, 11) is 0. The molecule has 0 aliphatic rings. The number of hydrogen-bond acceptors (Lipinski definition) is 6. The van der Waals surface area contributed by atoms with Crippen LogP contribution in [0.4, 0.5) is 4.79 Å². The lowest BCUT2D eigenvalue weighted by Crippen LogP contribution is -2.47. The molecular formula is C25H49N3O4S2. The summed E-state index contributed by atoms with van der Waals surface area (Å²) < 4.78 is 0. The normalized spacial score (nSPS) is 11.8. The highest BCUT2D eigenvalue weighted by molar-refractivity contribution is 7.80. The lowest BCUT2D eigenvalue weighted by Gasteiger charge is -2.23. The number of carbonyl (C=O) groups is 3. The lowest BCUT2D eigenvalue weighted by atomic mass is 10.1. The fraction of sp³-hybridized carbons (Fsp3) is 0.880. The second-order valence-electron chi connectivity index (χ2n) is 8.92. The molecule has 0 rings (SSSR count). The van der Waals surface area contributed by atoms with Crippen molar-refractivity contribution in [2.75, 3.05) is 37.7 Å². The monoisotopic (exact) mass is 519 g/mol. The molecule has 34 heavy (non-hydrogen) atoms. The molecule has 0 saturated carbocycles. The molecule has 0 aliphatic heterocycles. The van der Waals surface area contributed by atoms with Crippen molar-refractivity contribution in [3.8, 4) is 0 Å². The summed E-state index contributed by atoms with van der Waals surface area (Å²) in [4.78, 5) is 37.8. The predicted octanol–water partition coefficient (Wildman–Crippen LogP) is 4.39. The van der Waals surface area contributed by atoms with Crippen molar-refractivity contribution in [3.05, 3.63) is 0 Å². The number of aliphatic hydroxyl groups is 1. The summed E-state index contributed by atoms with van der Waals surface area (Å²) in [5.74, 6) is 1.88. The van der Waals surface area contributed by atoms with Gasteiger partial charge in [0.2, 0.25) is 5.91 Å². The van der Waals surface area contributed by atoms with E-state index >= 15 is 0 Å². The molecule has 9 heteroatoms. The molecular weight excluding hydrogens is 470 g/mol. The number of urea groups is 1. The smallest absolute Gasteiger partial charge is 0.315 e. The molecule has 7 nitrogen and oxygen atoms in total. The molecule has 0 unspecified atom stereocenters. The van der Waals surface area contributed by atoms with Crippen LogP contribution in [0.3, 0.4) is 0 Å². The number of nitrogens with zero attached hydrogens (tertiary/aromatic N) is 1. The van der Waals surface area contributed by atoms with E-state index in [-0.39, 0.29) is 11.7 Å². The van der Waals surface area contributed by atoms with Crippen molar-refractivity contribution in [1.29, 1.82) is 0 Å². The molecule has 0 radical (unpaired) electrons. The fourth-order valence-electron chi connectivity index (χ4n) is 3.67. The standard InChI is InChI=1S/C25H49N3O4S2/c1-22(30)23(21-29)27-25(32)26-16-10-4-2-3-9-15-24(31)28(17-11-5-7-13-19-33)18-12-6-8-14-20-34/h23,29,33-34H,2-21H2,1H3,(H2,26,27,32)/t23-/m0/s1. The highest BCUT2D eigenvalue weighted by Gasteiger charge is 2.15. The van der Waals surface area contributed by atoms with Crippen molar-refractivity contribution in [3.63, 3.8) is 0 Å². The minimum Gasteiger partial charge on any atom is -0.394 e. The number of aliphatic hydroxyl groups excluding tert-OH is 1. The molecule has 0 aliphatic carbocycles. The van der Waals surface area contributed by atoms with Gasteiger partial charge >= 0.3 is 6.03 Å². The maximum Gasteiger partial charge on any atom is 0.315 e. The fourth-order valence-corrected chi connectivity index (χ4v) is 4.12. The molecule has 0 heterocycles. The Morgan fingerprint density at radius 2 is 1.26 bits per heavy atom. The third kappa shape index (κ3) is 19.4. The van der Waals surface area contributed by atoms with Gasteiger partial charge in [-0.15, -0.1) is 0 Å². The zero-order valence-electron chi connectivity index (χ0n) is 21.2. The molecule has 3 amide bonds. The lowest BCUT2D eigenvalue weighted by molar-refractivity contribution is -0.131. The number of rotatable bonds is 23. The summed E-state index contributed by atoms with van der Waals surface area (Å²) in [6, 6.07) is -1.28. The molecule has 1 atom stereocenters. The van der Waals surface area contributed by atoms with Crippen molar-refractivity contribution in [1.82, 2.24) is 15.5 Å². The number of Topliss-reactive ketones (excluding diaryl/α,β-unsaturated/α-hetero) is 1. The van der Waals surface area contributed by atoms with Gasteiger partial charge < -0.3 is 20.6 Å². The van der Waals surface area contributed by atoms with Gasteiger partial charge in [-0.3, -0.25) is 9.59 Å². The van der Waals surface area contributed by atoms with Gasteiger partial charge in [-0.25, -0.2) is 4.79 Å². The number of nitrogens with one attached hydrogen (secondary N) is 2. The van der Waals surface area contributed by atoms with Crippen molar-refractivity contribution in [2.24, 2.45) is 0 Å². The van der Waals surface area contributed by atoms with E-state index in [1.54, 1.807) is 0 Å². The Hall–Kier alpha value is -0.930. The van der Waals surface area contributed by atoms with Crippen LogP contribution < -0.4 is 10.6 Å². The van der Waals surface area contributed by atoms with Crippen LogP contribution in [0.15, 0.2) is 0 Å². The second-order valence-corrected chi connectivity index (χ2v) is 9.81. The highest BCUT2D eigenvalue weighted by atomic mass is 32.1. The summed E-state index contributed by atoms with van der Waals surface area (Å²) >= 11 is 8.53. The number of unbranched alkanes of at least 4 members (excludes halogenated alkanes) is 10. The first-order valence-electron chi connectivity index (χ1n) is 13.1. The molecule has 0 aromatic rings. The molecule has 0 spiro atoms. The minimum atomic E-state index is -0.849. The minimum absolute atomic E-state index is 0.271. The van der Waals surface area contributed by atoms with E-state index in [4.69, 9.17) is 5.11 Å². The van der Waals surface area contributed by atoms with Gasteiger partial charge in [-0.05, 0) is 57.0 Å². The molecule has 0 saturated heterocycles. The largest absolute Gasteiger partial charge is 0.394 e. The third-order valence-electron chi connectivity index (χ3n) is 5.86. The molecule has 0 aromatic heterocycles. The molecule has 3 N–H and O–H groups in total. The molecule has 200 valence electrons. The van der Waals surface area contributed by atoms with E-state index in [0.29, 0.717) is 13.0 Å². The van der Waals surface area contributed by atoms with Gasteiger partial charge in [-0.1, -0.05) is 44.9 Å². The number of amides is 3. The van der Waals surface area contributed by atoms with E-state index in [1.165, 1.54) is 19.8 Å². The van der Waals surface area contributed by atoms with Gasteiger partial charge in [0.15, 0.2) is 5.78 Å². The Labute approximate surface area is 218 Å². The van der Waals surface area contributed by atoms with Crippen LogP contribution in [-0.2, 0) is 9.59 Å². The summed E-state index contributed by atoms with van der Waals surface area (Å²) in [5.41, 5.74) is 0. The average molecular weight is 520 g/mol. The first kappa shape index (κ1) is 33.1. The van der Waals surface area contributed by atoms with Crippen LogP contribution in [-0.4, -0.2) is 71.5 Å². The maximum absolute atomic E-state index is 12.8.